The summed E-state index contributed by atoms with van der Waals surface area (Å²) < 4.78 is 19.3. The number of halogens is 1. The third kappa shape index (κ3) is 5.26. The van der Waals surface area contributed by atoms with E-state index >= 15 is 0 Å². The number of benzene rings is 2. The normalized spacial score (nSPS) is 15.1. The third-order valence-electron chi connectivity index (χ3n) is 5.36. The highest BCUT2D eigenvalue weighted by atomic mass is 32.1. The van der Waals surface area contributed by atoms with Crippen LogP contribution in [0.1, 0.15) is 34.3 Å². The zero-order valence-corrected chi connectivity index (χ0v) is 17.8. The van der Waals surface area contributed by atoms with Crippen molar-refractivity contribution in [2.24, 2.45) is 0 Å². The molecule has 6 heteroatoms. The van der Waals surface area contributed by atoms with Crippen LogP contribution in [0.25, 0.3) is 0 Å². The molecule has 0 bridgehead atoms. The Morgan fingerprint density at radius 2 is 1.93 bits per heavy atom. The molecule has 4 nitrogen and oxygen atoms in total. The summed E-state index contributed by atoms with van der Waals surface area (Å²) in [5, 5.41) is 6.66. The van der Waals surface area contributed by atoms with Crippen LogP contribution in [-0.4, -0.2) is 30.0 Å². The van der Waals surface area contributed by atoms with Gasteiger partial charge in [-0.05, 0) is 72.7 Å². The number of carbonyl (C=O) groups excluding carboxylic acids is 1. The molecular formula is C24H25FN2O2S. The minimum Gasteiger partial charge on any atom is -0.490 e. The average Bonchev–Trinajstić information content (AvgIpc) is 3.28. The molecule has 0 radical (unpaired) electrons. The van der Waals surface area contributed by atoms with Gasteiger partial charge < -0.3 is 10.1 Å². The number of carbonyl (C=O) groups is 1. The molecule has 30 heavy (non-hydrogen) atoms. The Morgan fingerprint density at radius 3 is 2.60 bits per heavy atom. The van der Waals surface area contributed by atoms with Gasteiger partial charge in [-0.25, -0.2) is 4.39 Å². The van der Waals surface area contributed by atoms with E-state index in [9.17, 15) is 9.18 Å². The number of hydrogen-bond donors (Lipinski definition) is 1. The first kappa shape index (κ1) is 20.6. The molecule has 1 aliphatic heterocycles. The summed E-state index contributed by atoms with van der Waals surface area (Å²) in [6.07, 6.45) is 2.09. The molecule has 1 saturated heterocycles. The van der Waals surface area contributed by atoms with E-state index in [0.29, 0.717) is 5.56 Å². The molecular weight excluding hydrogens is 399 g/mol. The molecule has 1 fully saturated rings. The van der Waals surface area contributed by atoms with Crippen molar-refractivity contribution >= 4 is 22.9 Å². The molecule has 0 unspecified atom stereocenters. The number of piperidine rings is 1. The van der Waals surface area contributed by atoms with E-state index in [4.69, 9.17) is 4.74 Å². The maximum atomic E-state index is 13.1. The van der Waals surface area contributed by atoms with Crippen LogP contribution in [-0.2, 0) is 6.54 Å². The molecule has 0 atom stereocenters. The van der Waals surface area contributed by atoms with Crippen molar-refractivity contribution in [2.45, 2.75) is 32.4 Å². The number of amides is 1. The molecule has 1 aliphatic rings. The molecule has 1 amide bonds. The van der Waals surface area contributed by atoms with E-state index in [2.05, 4.69) is 10.2 Å². The molecule has 0 saturated carbocycles. The summed E-state index contributed by atoms with van der Waals surface area (Å²) in [4.78, 5) is 14.6. The van der Waals surface area contributed by atoms with E-state index in [0.717, 1.165) is 55.0 Å². The number of anilines is 1. The lowest BCUT2D eigenvalue weighted by atomic mass is 10.1. The maximum Gasteiger partial charge on any atom is 0.256 e. The molecule has 2 aromatic carbocycles. The number of ether oxygens (including phenoxy) is 1. The Bertz CT molecular complexity index is 981. The van der Waals surface area contributed by atoms with E-state index in [1.54, 1.807) is 0 Å². The standard InChI is InChI=1S/C24H25FN2O2S/c1-17-14-21(26-24(28)19-10-13-30-16-19)6-7-23(17)29-22-8-11-27(12-9-22)15-18-2-4-20(25)5-3-18/h2-7,10,13-14,16,22H,8-9,11-12,15H2,1H3,(H,26,28). The minimum absolute atomic E-state index is 0.0992. The molecule has 1 N–H and O–H groups in total. The molecule has 2 heterocycles. The first-order valence-corrected chi connectivity index (χ1v) is 11.1. The summed E-state index contributed by atoms with van der Waals surface area (Å²) in [7, 11) is 0. The molecule has 1 aromatic heterocycles. The van der Waals surface area contributed by atoms with Gasteiger partial charge in [-0.15, -0.1) is 0 Å². The van der Waals surface area contributed by atoms with Gasteiger partial charge in [-0.2, -0.15) is 11.3 Å². The van der Waals surface area contributed by atoms with Crippen LogP contribution < -0.4 is 10.1 Å². The lowest BCUT2D eigenvalue weighted by molar-refractivity contribution is 0.0962. The van der Waals surface area contributed by atoms with Crippen LogP contribution in [0.15, 0.2) is 59.3 Å². The highest BCUT2D eigenvalue weighted by molar-refractivity contribution is 7.08. The fraction of sp³-hybridized carbons (Fsp3) is 0.292. The van der Waals surface area contributed by atoms with Crippen molar-refractivity contribution in [1.29, 1.82) is 0 Å². The summed E-state index contributed by atoms with van der Waals surface area (Å²) in [5.74, 6) is 0.566. The van der Waals surface area contributed by atoms with Gasteiger partial charge in [0, 0.05) is 30.7 Å². The van der Waals surface area contributed by atoms with Gasteiger partial charge in [0.15, 0.2) is 0 Å². The second kappa shape index (κ2) is 9.41. The second-order valence-electron chi connectivity index (χ2n) is 7.67. The van der Waals surface area contributed by atoms with E-state index in [-0.39, 0.29) is 17.8 Å². The zero-order chi connectivity index (χ0) is 20.9. The van der Waals surface area contributed by atoms with Gasteiger partial charge in [0.05, 0.1) is 5.56 Å². The van der Waals surface area contributed by atoms with E-state index in [1.165, 1.54) is 23.5 Å². The Hall–Kier alpha value is -2.70. The molecule has 0 spiro atoms. The van der Waals surface area contributed by atoms with Crippen molar-refractivity contribution in [3.05, 3.63) is 81.8 Å². The molecule has 0 aliphatic carbocycles. The monoisotopic (exact) mass is 424 g/mol. The minimum atomic E-state index is -0.196. The average molecular weight is 425 g/mol. The number of aryl methyl sites for hydroxylation is 1. The number of rotatable bonds is 6. The summed E-state index contributed by atoms with van der Waals surface area (Å²) >= 11 is 1.51. The Kier molecular flexibility index (Phi) is 6.45. The second-order valence-corrected chi connectivity index (χ2v) is 8.45. The highest BCUT2D eigenvalue weighted by Crippen LogP contribution is 2.26. The molecule has 4 rings (SSSR count). The van der Waals surface area contributed by atoms with Gasteiger partial charge in [-0.1, -0.05) is 12.1 Å². The topological polar surface area (TPSA) is 41.6 Å². The Morgan fingerprint density at radius 1 is 1.17 bits per heavy atom. The predicted octanol–water partition coefficient (Wildman–Crippen LogP) is 5.49. The van der Waals surface area contributed by atoms with Crippen LogP contribution in [0.2, 0.25) is 0 Å². The van der Waals surface area contributed by atoms with Gasteiger partial charge in [0.1, 0.15) is 17.7 Å². The lowest BCUT2D eigenvalue weighted by Crippen LogP contribution is -2.37. The van der Waals surface area contributed by atoms with Crippen molar-refractivity contribution in [3.8, 4) is 5.75 Å². The maximum absolute atomic E-state index is 13.1. The van der Waals surface area contributed by atoms with Crippen molar-refractivity contribution in [2.75, 3.05) is 18.4 Å². The van der Waals surface area contributed by atoms with Crippen LogP contribution in [0.3, 0.4) is 0 Å². The number of thiophene rings is 1. The van der Waals surface area contributed by atoms with Gasteiger partial charge in [0.2, 0.25) is 0 Å². The fourth-order valence-corrected chi connectivity index (χ4v) is 4.31. The quantitative estimate of drug-likeness (QED) is 0.569. The number of nitrogens with one attached hydrogen (secondary N) is 1. The Balaban J connectivity index is 1.28. The molecule has 156 valence electrons. The summed E-state index contributed by atoms with van der Waals surface area (Å²) in [5.41, 5.74) is 3.58. The number of hydrogen-bond acceptors (Lipinski definition) is 4. The van der Waals surface area contributed by atoms with Gasteiger partial charge in [-0.3, -0.25) is 9.69 Å². The number of nitrogens with zero attached hydrogens (tertiary/aromatic N) is 1. The van der Waals surface area contributed by atoms with E-state index in [1.807, 2.05) is 54.1 Å². The highest BCUT2D eigenvalue weighted by Gasteiger charge is 2.21. The lowest BCUT2D eigenvalue weighted by Gasteiger charge is -2.32. The van der Waals surface area contributed by atoms with Crippen LogP contribution in [0.5, 0.6) is 5.75 Å². The fourth-order valence-electron chi connectivity index (χ4n) is 3.67. The van der Waals surface area contributed by atoms with E-state index < -0.39 is 0 Å². The Labute approximate surface area is 180 Å². The van der Waals surface area contributed by atoms with Crippen LogP contribution >= 0.6 is 11.3 Å². The van der Waals surface area contributed by atoms with Crippen LogP contribution in [0.4, 0.5) is 10.1 Å². The zero-order valence-electron chi connectivity index (χ0n) is 16.9. The first-order valence-electron chi connectivity index (χ1n) is 10.1. The summed E-state index contributed by atoms with van der Waals surface area (Å²) in [6.45, 7) is 4.75. The van der Waals surface area contributed by atoms with Gasteiger partial charge in [0.25, 0.3) is 5.91 Å². The largest absolute Gasteiger partial charge is 0.490 e. The smallest absolute Gasteiger partial charge is 0.256 e. The number of likely N-dealkylation sites (tertiary alicyclic amines) is 1. The van der Waals surface area contributed by atoms with Crippen molar-refractivity contribution in [3.63, 3.8) is 0 Å². The third-order valence-corrected chi connectivity index (χ3v) is 6.05. The summed E-state index contributed by atoms with van der Waals surface area (Å²) in [6, 6.07) is 14.3. The SMILES string of the molecule is Cc1cc(NC(=O)c2ccsc2)ccc1OC1CCN(Cc2ccc(F)cc2)CC1. The van der Waals surface area contributed by atoms with Crippen molar-refractivity contribution in [1.82, 2.24) is 4.90 Å². The predicted molar refractivity (Wildman–Crippen MR) is 119 cm³/mol. The first-order chi connectivity index (χ1) is 14.6. The van der Waals surface area contributed by atoms with Crippen LogP contribution in [0, 0.1) is 12.7 Å². The molecule has 3 aromatic rings. The van der Waals surface area contributed by atoms with Crippen molar-refractivity contribution < 1.29 is 13.9 Å². The van der Waals surface area contributed by atoms with Gasteiger partial charge >= 0.3 is 0 Å².